The number of likely N-dealkylation sites (tertiary alicyclic amines) is 1. The van der Waals surface area contributed by atoms with E-state index in [0.717, 1.165) is 6.54 Å². The summed E-state index contributed by atoms with van der Waals surface area (Å²) < 4.78 is 0. The summed E-state index contributed by atoms with van der Waals surface area (Å²) in [6, 6.07) is 0. The van der Waals surface area contributed by atoms with Crippen molar-refractivity contribution in [3.63, 3.8) is 0 Å². The predicted octanol–water partition coefficient (Wildman–Crippen LogP) is 1.09. The standard InChI is InChI=1S/C12H20N2/c1-2-8-14-9-4-6-12(11-14)5-3-7-13-10-12/h1,13H,3-11H2. The van der Waals surface area contributed by atoms with Gasteiger partial charge in [-0.15, -0.1) is 6.42 Å². The van der Waals surface area contributed by atoms with Crippen LogP contribution in [-0.4, -0.2) is 37.6 Å². The smallest absolute Gasteiger partial charge is 0.0599 e. The van der Waals surface area contributed by atoms with Gasteiger partial charge in [-0.1, -0.05) is 5.92 Å². The molecule has 0 aromatic rings. The first-order chi connectivity index (χ1) is 6.85. The summed E-state index contributed by atoms with van der Waals surface area (Å²) in [4.78, 5) is 2.44. The Morgan fingerprint density at radius 1 is 1.36 bits per heavy atom. The summed E-state index contributed by atoms with van der Waals surface area (Å²) >= 11 is 0. The van der Waals surface area contributed by atoms with Gasteiger partial charge in [0.05, 0.1) is 6.54 Å². The van der Waals surface area contributed by atoms with Crippen LogP contribution in [0.1, 0.15) is 25.7 Å². The van der Waals surface area contributed by atoms with Crippen molar-refractivity contribution in [1.29, 1.82) is 0 Å². The molecule has 0 amide bonds. The van der Waals surface area contributed by atoms with Gasteiger partial charge in [-0.05, 0) is 44.2 Å². The van der Waals surface area contributed by atoms with Crippen molar-refractivity contribution in [2.24, 2.45) is 5.41 Å². The summed E-state index contributed by atoms with van der Waals surface area (Å²) in [6.07, 6.45) is 10.8. The van der Waals surface area contributed by atoms with Crippen LogP contribution in [0.4, 0.5) is 0 Å². The predicted molar refractivity (Wildman–Crippen MR) is 59.0 cm³/mol. The molecule has 14 heavy (non-hydrogen) atoms. The second kappa shape index (κ2) is 4.33. The normalized spacial score (nSPS) is 34.2. The minimum Gasteiger partial charge on any atom is -0.316 e. The van der Waals surface area contributed by atoms with E-state index in [1.807, 2.05) is 0 Å². The average molecular weight is 192 g/mol. The van der Waals surface area contributed by atoms with Crippen LogP contribution in [0.2, 0.25) is 0 Å². The Morgan fingerprint density at radius 2 is 2.21 bits per heavy atom. The molecule has 2 heterocycles. The van der Waals surface area contributed by atoms with Gasteiger partial charge in [0.25, 0.3) is 0 Å². The molecule has 78 valence electrons. The molecule has 0 saturated carbocycles. The first-order valence-corrected chi connectivity index (χ1v) is 5.71. The number of piperidine rings is 2. The van der Waals surface area contributed by atoms with Crippen LogP contribution in [0.25, 0.3) is 0 Å². The second-order valence-electron chi connectivity index (χ2n) is 4.80. The van der Waals surface area contributed by atoms with Gasteiger partial charge in [-0.3, -0.25) is 4.90 Å². The highest BCUT2D eigenvalue weighted by atomic mass is 15.1. The van der Waals surface area contributed by atoms with Gasteiger partial charge in [-0.2, -0.15) is 0 Å². The molecule has 2 saturated heterocycles. The monoisotopic (exact) mass is 192 g/mol. The van der Waals surface area contributed by atoms with Crippen LogP contribution >= 0.6 is 0 Å². The zero-order valence-electron chi connectivity index (χ0n) is 8.89. The van der Waals surface area contributed by atoms with Crippen molar-refractivity contribution in [3.8, 4) is 12.3 Å². The van der Waals surface area contributed by atoms with E-state index in [0.29, 0.717) is 5.41 Å². The zero-order valence-corrected chi connectivity index (χ0v) is 8.89. The Hall–Kier alpha value is -0.520. The van der Waals surface area contributed by atoms with Gasteiger partial charge in [-0.25, -0.2) is 0 Å². The van der Waals surface area contributed by atoms with Crippen LogP contribution in [0, 0.1) is 17.8 Å². The molecule has 2 nitrogen and oxygen atoms in total. The lowest BCUT2D eigenvalue weighted by atomic mass is 9.74. The molecule has 2 fully saturated rings. The van der Waals surface area contributed by atoms with Crippen LogP contribution < -0.4 is 5.32 Å². The minimum atomic E-state index is 0.549. The number of hydrogen-bond donors (Lipinski definition) is 1. The number of rotatable bonds is 1. The Morgan fingerprint density at radius 3 is 2.93 bits per heavy atom. The van der Waals surface area contributed by atoms with E-state index in [1.54, 1.807) is 0 Å². The lowest BCUT2D eigenvalue weighted by Crippen LogP contribution is -2.51. The molecule has 0 aromatic heterocycles. The van der Waals surface area contributed by atoms with Crippen LogP contribution in [-0.2, 0) is 0 Å². The Balaban J connectivity index is 1.95. The van der Waals surface area contributed by atoms with E-state index in [9.17, 15) is 0 Å². The number of nitrogens with one attached hydrogen (secondary N) is 1. The molecule has 2 heteroatoms. The van der Waals surface area contributed by atoms with Gasteiger partial charge >= 0.3 is 0 Å². The molecule has 0 aliphatic carbocycles. The molecule has 0 bridgehead atoms. The number of terminal acetylenes is 1. The van der Waals surface area contributed by atoms with E-state index in [2.05, 4.69) is 16.1 Å². The largest absolute Gasteiger partial charge is 0.316 e. The summed E-state index contributed by atoms with van der Waals surface area (Å²) in [6.45, 7) is 5.66. The summed E-state index contributed by atoms with van der Waals surface area (Å²) in [7, 11) is 0. The lowest BCUT2D eigenvalue weighted by Gasteiger charge is -2.45. The Labute approximate surface area is 87.1 Å². The highest BCUT2D eigenvalue weighted by Gasteiger charge is 2.35. The summed E-state index contributed by atoms with van der Waals surface area (Å²) in [5.41, 5.74) is 0.549. The van der Waals surface area contributed by atoms with Gasteiger partial charge in [0.1, 0.15) is 0 Å². The SMILES string of the molecule is C#CCN1CCCC2(CCCNC2)C1. The molecule has 1 N–H and O–H groups in total. The van der Waals surface area contributed by atoms with Crippen LogP contribution in [0.15, 0.2) is 0 Å². The van der Waals surface area contributed by atoms with Gasteiger partial charge < -0.3 is 5.32 Å². The first kappa shape index (κ1) is 10.0. The fourth-order valence-electron chi connectivity index (χ4n) is 2.95. The molecule has 2 aliphatic rings. The molecule has 1 unspecified atom stereocenters. The molecule has 2 aliphatic heterocycles. The fraction of sp³-hybridized carbons (Fsp3) is 0.833. The summed E-state index contributed by atoms with van der Waals surface area (Å²) in [5, 5.41) is 3.53. The van der Waals surface area contributed by atoms with E-state index < -0.39 is 0 Å². The van der Waals surface area contributed by atoms with Crippen molar-refractivity contribution in [1.82, 2.24) is 10.2 Å². The third kappa shape index (κ3) is 2.10. The third-order valence-corrected chi connectivity index (χ3v) is 3.62. The maximum absolute atomic E-state index is 5.37. The lowest BCUT2D eigenvalue weighted by molar-refractivity contribution is 0.0733. The molecule has 1 atom stereocenters. The topological polar surface area (TPSA) is 15.3 Å². The van der Waals surface area contributed by atoms with Gasteiger partial charge in [0.15, 0.2) is 0 Å². The highest BCUT2D eigenvalue weighted by molar-refractivity contribution is 4.95. The molecule has 2 rings (SSSR count). The van der Waals surface area contributed by atoms with Crippen molar-refractivity contribution in [3.05, 3.63) is 0 Å². The fourth-order valence-corrected chi connectivity index (χ4v) is 2.95. The molecule has 0 radical (unpaired) electrons. The summed E-state index contributed by atoms with van der Waals surface area (Å²) in [5.74, 6) is 2.76. The van der Waals surface area contributed by atoms with Crippen LogP contribution in [0.3, 0.4) is 0 Å². The number of nitrogens with zero attached hydrogens (tertiary/aromatic N) is 1. The molecular formula is C12H20N2. The van der Waals surface area contributed by atoms with Crippen molar-refractivity contribution >= 4 is 0 Å². The third-order valence-electron chi connectivity index (χ3n) is 3.62. The minimum absolute atomic E-state index is 0.549. The number of hydrogen-bond acceptors (Lipinski definition) is 2. The molecule has 1 spiro atoms. The maximum atomic E-state index is 5.37. The molecular weight excluding hydrogens is 172 g/mol. The maximum Gasteiger partial charge on any atom is 0.0599 e. The van der Waals surface area contributed by atoms with E-state index in [4.69, 9.17) is 6.42 Å². The van der Waals surface area contributed by atoms with E-state index in [-0.39, 0.29) is 0 Å². The second-order valence-corrected chi connectivity index (χ2v) is 4.80. The van der Waals surface area contributed by atoms with Gasteiger partial charge in [0.2, 0.25) is 0 Å². The quantitative estimate of drug-likeness (QED) is 0.626. The Bertz CT molecular complexity index is 217. The zero-order chi connectivity index (χ0) is 9.86. The van der Waals surface area contributed by atoms with E-state index >= 15 is 0 Å². The van der Waals surface area contributed by atoms with E-state index in [1.165, 1.54) is 51.9 Å². The molecule has 0 aromatic carbocycles. The highest BCUT2D eigenvalue weighted by Crippen LogP contribution is 2.35. The van der Waals surface area contributed by atoms with Gasteiger partial charge in [0, 0.05) is 13.1 Å². The van der Waals surface area contributed by atoms with Crippen molar-refractivity contribution < 1.29 is 0 Å². The van der Waals surface area contributed by atoms with Crippen molar-refractivity contribution in [2.75, 3.05) is 32.7 Å². The Kier molecular flexibility index (Phi) is 3.10. The van der Waals surface area contributed by atoms with Crippen molar-refractivity contribution in [2.45, 2.75) is 25.7 Å². The van der Waals surface area contributed by atoms with Crippen LogP contribution in [0.5, 0.6) is 0 Å². The first-order valence-electron chi connectivity index (χ1n) is 5.71. The average Bonchev–Trinajstić information content (AvgIpc) is 2.19.